The Kier molecular flexibility index (Phi) is 5.73. The van der Waals surface area contributed by atoms with Crippen LogP contribution in [0.5, 0.6) is 0 Å². The zero-order chi connectivity index (χ0) is 13.8. The van der Waals surface area contributed by atoms with E-state index in [0.717, 1.165) is 0 Å². The maximum Gasteiger partial charge on any atom is -0.0122 e. The van der Waals surface area contributed by atoms with Crippen LogP contribution in [0.3, 0.4) is 0 Å². The van der Waals surface area contributed by atoms with Crippen LogP contribution < -0.4 is 15.9 Å². The summed E-state index contributed by atoms with van der Waals surface area (Å²) in [5.41, 5.74) is 1.37. The Balaban J connectivity index is 0.00000161. The lowest BCUT2D eigenvalue weighted by molar-refractivity contribution is 1.52. The molecule has 0 aromatic heterocycles. The summed E-state index contributed by atoms with van der Waals surface area (Å²) in [6.07, 6.45) is 0. The smallest absolute Gasteiger partial charge is 0.0122 e. The molecule has 0 spiro atoms. The fourth-order valence-electron chi connectivity index (χ4n) is 2.40. The van der Waals surface area contributed by atoms with E-state index in [2.05, 4.69) is 91.9 Å². The second-order valence-electron chi connectivity index (χ2n) is 4.79. The van der Waals surface area contributed by atoms with Crippen molar-refractivity contribution in [3.05, 3.63) is 90.5 Å². The van der Waals surface area contributed by atoms with E-state index in [9.17, 15) is 0 Å². The lowest BCUT2D eigenvalue weighted by Gasteiger charge is -2.21. The minimum absolute atomic E-state index is 0. The lowest BCUT2D eigenvalue weighted by atomic mass is 10.2. The molecule has 0 saturated carbocycles. The average molecular weight is 357 g/mol. The van der Waals surface area contributed by atoms with E-state index in [4.69, 9.17) is 0 Å². The van der Waals surface area contributed by atoms with Gasteiger partial charge in [-0.15, -0.1) is 17.0 Å². The molecule has 3 rings (SSSR count). The van der Waals surface area contributed by atoms with Gasteiger partial charge in [-0.1, -0.05) is 84.9 Å². The number of hydrogen-bond acceptors (Lipinski definition) is 0. The topological polar surface area (TPSA) is 0 Å². The van der Waals surface area contributed by atoms with E-state index < -0.39 is 7.92 Å². The van der Waals surface area contributed by atoms with E-state index in [0.29, 0.717) is 0 Å². The van der Waals surface area contributed by atoms with Crippen LogP contribution in [-0.2, 0) is 0 Å². The number of halogens is 1. The first-order valence-electron chi connectivity index (χ1n) is 6.82. The summed E-state index contributed by atoms with van der Waals surface area (Å²) in [5.74, 6) is 0. The predicted octanol–water partition coefficient (Wildman–Crippen LogP) is 4.33. The van der Waals surface area contributed by atoms with Crippen LogP contribution in [0.15, 0.2) is 84.9 Å². The highest BCUT2D eigenvalue weighted by Gasteiger charge is 2.17. The van der Waals surface area contributed by atoms with Gasteiger partial charge in [0, 0.05) is 0 Å². The molecule has 0 aliphatic carbocycles. The molecule has 0 amide bonds. The van der Waals surface area contributed by atoms with Gasteiger partial charge in [0.05, 0.1) is 0 Å². The van der Waals surface area contributed by atoms with Gasteiger partial charge < -0.3 is 0 Å². The molecule has 21 heavy (non-hydrogen) atoms. The van der Waals surface area contributed by atoms with Gasteiger partial charge in [0.2, 0.25) is 0 Å². The van der Waals surface area contributed by atoms with Crippen LogP contribution >= 0.6 is 24.9 Å². The van der Waals surface area contributed by atoms with Crippen molar-refractivity contribution in [1.29, 1.82) is 0 Å². The van der Waals surface area contributed by atoms with Crippen molar-refractivity contribution in [3.63, 3.8) is 0 Å². The molecule has 0 saturated heterocycles. The molecule has 3 aromatic rings. The standard InChI is InChI=1S/C19H17P.BrH/c1-16-10-8-9-15-19(16)20(17-11-4-2-5-12-17)18-13-6-3-7-14-18;/h2-15H,1H3;1H. The van der Waals surface area contributed by atoms with Gasteiger partial charge in [-0.25, -0.2) is 0 Å². The Hall–Kier alpha value is -1.43. The van der Waals surface area contributed by atoms with E-state index in [1.54, 1.807) is 0 Å². The molecule has 0 N–H and O–H groups in total. The summed E-state index contributed by atoms with van der Waals surface area (Å²) >= 11 is 0. The number of aryl methyl sites for hydroxylation is 1. The summed E-state index contributed by atoms with van der Waals surface area (Å²) in [6.45, 7) is 2.20. The zero-order valence-electron chi connectivity index (χ0n) is 11.9. The normalized spacial score (nSPS) is 10.2. The van der Waals surface area contributed by atoms with Crippen LogP contribution in [0, 0.1) is 6.92 Å². The quantitative estimate of drug-likeness (QED) is 0.612. The molecule has 3 aromatic carbocycles. The highest BCUT2D eigenvalue weighted by Crippen LogP contribution is 2.33. The highest BCUT2D eigenvalue weighted by molar-refractivity contribution is 8.93. The maximum atomic E-state index is 2.26. The average Bonchev–Trinajstić information content (AvgIpc) is 2.52. The van der Waals surface area contributed by atoms with Gasteiger partial charge in [0.25, 0.3) is 0 Å². The Morgan fingerprint density at radius 2 is 1.00 bits per heavy atom. The Bertz CT molecular complexity index is 641. The molecule has 106 valence electrons. The van der Waals surface area contributed by atoms with Crippen LogP contribution in [0.2, 0.25) is 0 Å². The molecule has 0 heterocycles. The summed E-state index contributed by atoms with van der Waals surface area (Å²) in [7, 11) is -0.467. The molecule has 0 nitrogen and oxygen atoms in total. The van der Waals surface area contributed by atoms with E-state index >= 15 is 0 Å². The molecule has 0 bridgehead atoms. The second kappa shape index (κ2) is 7.54. The SMILES string of the molecule is Br.Cc1ccccc1P(c1ccccc1)c1ccccc1. The highest BCUT2D eigenvalue weighted by atomic mass is 79.9. The number of benzene rings is 3. The molecular weight excluding hydrogens is 339 g/mol. The van der Waals surface area contributed by atoms with Crippen molar-refractivity contribution >= 4 is 40.8 Å². The molecular formula is C19H18BrP. The Morgan fingerprint density at radius 1 is 0.571 bits per heavy atom. The van der Waals surface area contributed by atoms with Gasteiger partial charge in [0.1, 0.15) is 0 Å². The predicted molar refractivity (Wildman–Crippen MR) is 100 cm³/mol. The third-order valence-corrected chi connectivity index (χ3v) is 6.00. The molecule has 0 atom stereocenters. The minimum atomic E-state index is -0.467. The minimum Gasteiger partial charge on any atom is -0.114 e. The van der Waals surface area contributed by atoms with E-state index in [-0.39, 0.29) is 17.0 Å². The van der Waals surface area contributed by atoms with Crippen molar-refractivity contribution < 1.29 is 0 Å². The fraction of sp³-hybridized carbons (Fsp3) is 0.0526. The fourth-order valence-corrected chi connectivity index (χ4v) is 4.85. The van der Waals surface area contributed by atoms with Crippen LogP contribution in [-0.4, -0.2) is 0 Å². The molecule has 0 unspecified atom stereocenters. The van der Waals surface area contributed by atoms with Crippen molar-refractivity contribution in [1.82, 2.24) is 0 Å². The molecule has 0 radical (unpaired) electrons. The van der Waals surface area contributed by atoms with Gasteiger partial charge in [-0.2, -0.15) is 0 Å². The molecule has 0 aliphatic rings. The summed E-state index contributed by atoms with van der Waals surface area (Å²) in [5, 5.41) is 4.26. The lowest BCUT2D eigenvalue weighted by Crippen LogP contribution is -2.22. The van der Waals surface area contributed by atoms with Crippen molar-refractivity contribution in [2.75, 3.05) is 0 Å². The first-order chi connectivity index (χ1) is 9.86. The third kappa shape index (κ3) is 3.61. The van der Waals surface area contributed by atoms with Crippen molar-refractivity contribution in [3.8, 4) is 0 Å². The molecule has 2 heteroatoms. The van der Waals surface area contributed by atoms with E-state index in [1.807, 2.05) is 0 Å². The number of rotatable bonds is 3. The molecule has 0 fully saturated rings. The Morgan fingerprint density at radius 3 is 1.48 bits per heavy atom. The van der Waals surface area contributed by atoms with Crippen LogP contribution in [0.4, 0.5) is 0 Å². The van der Waals surface area contributed by atoms with Crippen molar-refractivity contribution in [2.24, 2.45) is 0 Å². The van der Waals surface area contributed by atoms with Crippen LogP contribution in [0.25, 0.3) is 0 Å². The van der Waals surface area contributed by atoms with Gasteiger partial charge in [-0.05, 0) is 36.3 Å². The Labute approximate surface area is 138 Å². The van der Waals surface area contributed by atoms with Gasteiger partial charge >= 0.3 is 0 Å². The summed E-state index contributed by atoms with van der Waals surface area (Å²) in [6, 6.07) is 30.4. The molecule has 0 aliphatic heterocycles. The summed E-state index contributed by atoms with van der Waals surface area (Å²) < 4.78 is 0. The number of hydrogen-bond donors (Lipinski definition) is 0. The van der Waals surface area contributed by atoms with Gasteiger partial charge in [0.15, 0.2) is 0 Å². The largest absolute Gasteiger partial charge is 0.114 e. The van der Waals surface area contributed by atoms with E-state index in [1.165, 1.54) is 21.5 Å². The van der Waals surface area contributed by atoms with Gasteiger partial charge in [-0.3, -0.25) is 0 Å². The van der Waals surface area contributed by atoms with Crippen LogP contribution in [0.1, 0.15) is 5.56 Å². The maximum absolute atomic E-state index is 2.26. The van der Waals surface area contributed by atoms with Crippen molar-refractivity contribution in [2.45, 2.75) is 6.92 Å². The monoisotopic (exact) mass is 356 g/mol. The third-order valence-electron chi connectivity index (χ3n) is 3.39. The first-order valence-corrected chi connectivity index (χ1v) is 8.16. The second-order valence-corrected chi connectivity index (χ2v) is 6.98. The first kappa shape index (κ1) is 15.9. The summed E-state index contributed by atoms with van der Waals surface area (Å²) in [4.78, 5) is 0. The zero-order valence-corrected chi connectivity index (χ0v) is 14.5.